The van der Waals surface area contributed by atoms with Gasteiger partial charge >= 0.3 is 0 Å². The van der Waals surface area contributed by atoms with Gasteiger partial charge in [0.1, 0.15) is 5.75 Å². The molecule has 2 rings (SSSR count). The van der Waals surface area contributed by atoms with E-state index in [-0.39, 0.29) is 0 Å². The Labute approximate surface area is 121 Å². The molecule has 20 heavy (non-hydrogen) atoms. The van der Waals surface area contributed by atoms with Crippen LogP contribution in [-0.4, -0.2) is 12.9 Å². The second-order valence-corrected chi connectivity index (χ2v) is 5.17. The molecule has 0 spiro atoms. The zero-order chi connectivity index (χ0) is 14.4. The molecule has 0 unspecified atom stereocenters. The molecule has 0 aliphatic carbocycles. The van der Waals surface area contributed by atoms with Gasteiger partial charge in [-0.15, -0.1) is 0 Å². The zero-order valence-corrected chi connectivity index (χ0v) is 11.8. The predicted octanol–water partition coefficient (Wildman–Crippen LogP) is 4.62. The first-order chi connectivity index (χ1) is 9.67. The lowest BCUT2D eigenvalue weighted by molar-refractivity contribution is 0.252. The normalized spacial score (nSPS) is 10.6. The molecule has 5 heteroatoms. The number of hydrogen-bond donors (Lipinski definition) is 1. The maximum absolute atomic E-state index is 12.2. The molecule has 0 amide bonds. The van der Waals surface area contributed by atoms with Crippen molar-refractivity contribution in [2.24, 2.45) is 0 Å². The van der Waals surface area contributed by atoms with Gasteiger partial charge in [-0.25, -0.2) is 0 Å². The highest BCUT2D eigenvalue weighted by atomic mass is 32.2. The maximum atomic E-state index is 12.2. The van der Waals surface area contributed by atoms with E-state index in [1.165, 1.54) is 0 Å². The minimum atomic E-state index is -2.38. The fourth-order valence-corrected chi connectivity index (χ4v) is 2.20. The summed E-state index contributed by atoms with van der Waals surface area (Å²) in [5.74, 6) is -1.56. The molecular weight excluding hydrogens is 280 g/mol. The van der Waals surface area contributed by atoms with Gasteiger partial charge in [0.25, 0.3) is 5.76 Å². The number of methoxy groups -OCH3 is 1. The number of ether oxygens (including phenoxy) is 1. The van der Waals surface area contributed by atoms with Crippen molar-refractivity contribution in [1.29, 1.82) is 0 Å². The van der Waals surface area contributed by atoms with Gasteiger partial charge in [-0.3, -0.25) is 0 Å². The molecule has 0 saturated carbocycles. The van der Waals surface area contributed by atoms with E-state index < -0.39 is 5.76 Å². The van der Waals surface area contributed by atoms with Crippen LogP contribution in [0.4, 0.5) is 14.5 Å². The molecule has 2 aromatic carbocycles. The van der Waals surface area contributed by atoms with Crippen LogP contribution in [0.25, 0.3) is 0 Å². The van der Waals surface area contributed by atoms with Crippen LogP contribution in [0.2, 0.25) is 0 Å². The van der Waals surface area contributed by atoms with Gasteiger partial charge < -0.3 is 10.1 Å². The van der Waals surface area contributed by atoms with E-state index in [2.05, 4.69) is 5.32 Å². The molecule has 1 N–H and O–H groups in total. The van der Waals surface area contributed by atoms with Crippen LogP contribution >= 0.6 is 11.8 Å². The number of benzene rings is 2. The Morgan fingerprint density at radius 2 is 1.70 bits per heavy atom. The van der Waals surface area contributed by atoms with Crippen molar-refractivity contribution in [1.82, 2.24) is 0 Å². The van der Waals surface area contributed by atoms with Crippen LogP contribution in [-0.2, 0) is 6.54 Å². The van der Waals surface area contributed by atoms with Crippen LogP contribution in [0.5, 0.6) is 5.75 Å². The lowest BCUT2D eigenvalue weighted by Gasteiger charge is -2.08. The third kappa shape index (κ3) is 4.42. The van der Waals surface area contributed by atoms with Crippen LogP contribution in [0.15, 0.2) is 53.4 Å². The number of thioether (sulfide) groups is 1. The number of halogens is 2. The smallest absolute Gasteiger partial charge is 0.288 e. The molecule has 0 radical (unpaired) electrons. The highest BCUT2D eigenvalue weighted by Gasteiger charge is 2.04. The Kier molecular flexibility index (Phi) is 5.24. The summed E-state index contributed by atoms with van der Waals surface area (Å²) in [4.78, 5) is 0.565. The van der Waals surface area contributed by atoms with E-state index >= 15 is 0 Å². The Bertz CT molecular complexity index is 529. The summed E-state index contributed by atoms with van der Waals surface area (Å²) in [5, 5.41) is 3.24. The Morgan fingerprint density at radius 1 is 1.05 bits per heavy atom. The molecular formula is C15H15F2NOS. The molecule has 106 valence electrons. The number of alkyl halides is 2. The third-order valence-electron chi connectivity index (χ3n) is 2.74. The van der Waals surface area contributed by atoms with E-state index in [0.717, 1.165) is 17.0 Å². The third-order valence-corrected chi connectivity index (χ3v) is 3.46. The van der Waals surface area contributed by atoms with Gasteiger partial charge in [0.05, 0.1) is 7.11 Å². The summed E-state index contributed by atoms with van der Waals surface area (Å²) in [5.41, 5.74) is 2.02. The maximum Gasteiger partial charge on any atom is 0.288 e. The second kappa shape index (κ2) is 7.14. The Hall–Kier alpha value is -1.75. The van der Waals surface area contributed by atoms with Gasteiger partial charge in [-0.1, -0.05) is 23.9 Å². The molecule has 0 bridgehead atoms. The molecule has 0 atom stereocenters. The van der Waals surface area contributed by atoms with Crippen molar-refractivity contribution in [2.75, 3.05) is 12.4 Å². The number of anilines is 1. The standard InChI is InChI=1S/C15H15F2NOS/c1-19-13-6-2-11(3-7-13)10-18-12-4-8-14(9-5-12)20-15(16)17/h2-9,15,18H,10H2,1H3. The first kappa shape index (κ1) is 14.7. The molecule has 0 aliphatic rings. The van der Waals surface area contributed by atoms with Gasteiger partial charge in [-0.05, 0) is 42.0 Å². The van der Waals surface area contributed by atoms with E-state index in [4.69, 9.17) is 4.74 Å². The van der Waals surface area contributed by atoms with Gasteiger partial charge in [0.15, 0.2) is 0 Å². The average Bonchev–Trinajstić information content (AvgIpc) is 2.46. The lowest BCUT2D eigenvalue weighted by atomic mass is 10.2. The first-order valence-corrected chi connectivity index (χ1v) is 6.97. The largest absolute Gasteiger partial charge is 0.497 e. The number of nitrogens with one attached hydrogen (secondary N) is 1. The molecule has 0 heterocycles. The van der Waals surface area contributed by atoms with Gasteiger partial charge in [0, 0.05) is 17.1 Å². The first-order valence-electron chi connectivity index (χ1n) is 6.09. The minimum absolute atomic E-state index is 0.551. The highest BCUT2D eigenvalue weighted by molar-refractivity contribution is 7.99. The summed E-state index contributed by atoms with van der Waals surface area (Å²) in [6, 6.07) is 14.7. The topological polar surface area (TPSA) is 21.3 Å². The summed E-state index contributed by atoms with van der Waals surface area (Å²) in [6.45, 7) is 0.672. The second-order valence-electron chi connectivity index (χ2n) is 4.10. The summed E-state index contributed by atoms with van der Waals surface area (Å²) < 4.78 is 29.5. The summed E-state index contributed by atoms with van der Waals surface area (Å²) >= 11 is 0.551. The van der Waals surface area contributed by atoms with E-state index in [9.17, 15) is 8.78 Å². The zero-order valence-electron chi connectivity index (χ0n) is 11.0. The van der Waals surface area contributed by atoms with Crippen LogP contribution in [0.1, 0.15) is 5.56 Å². The fraction of sp³-hybridized carbons (Fsp3) is 0.200. The molecule has 0 aliphatic heterocycles. The van der Waals surface area contributed by atoms with E-state index in [1.54, 1.807) is 31.4 Å². The van der Waals surface area contributed by atoms with Crippen molar-refractivity contribution in [3.8, 4) is 5.75 Å². The lowest BCUT2D eigenvalue weighted by Crippen LogP contribution is -1.99. The predicted molar refractivity (Wildman–Crippen MR) is 78.6 cm³/mol. The van der Waals surface area contributed by atoms with Gasteiger partial charge in [0.2, 0.25) is 0 Å². The number of rotatable bonds is 6. The van der Waals surface area contributed by atoms with Crippen LogP contribution < -0.4 is 10.1 Å². The Balaban J connectivity index is 1.89. The molecule has 2 aromatic rings. The summed E-state index contributed by atoms with van der Waals surface area (Å²) in [7, 11) is 1.63. The van der Waals surface area contributed by atoms with Crippen molar-refractivity contribution in [2.45, 2.75) is 17.2 Å². The SMILES string of the molecule is COc1ccc(CNc2ccc(SC(F)F)cc2)cc1. The highest BCUT2D eigenvalue weighted by Crippen LogP contribution is 2.26. The fourth-order valence-electron chi connectivity index (χ4n) is 1.70. The monoisotopic (exact) mass is 295 g/mol. The molecule has 0 fully saturated rings. The quantitative estimate of drug-likeness (QED) is 0.786. The van der Waals surface area contributed by atoms with Crippen molar-refractivity contribution >= 4 is 17.4 Å². The van der Waals surface area contributed by atoms with Crippen molar-refractivity contribution in [3.05, 3.63) is 54.1 Å². The van der Waals surface area contributed by atoms with Crippen LogP contribution in [0, 0.1) is 0 Å². The molecule has 2 nitrogen and oxygen atoms in total. The van der Waals surface area contributed by atoms with Crippen LogP contribution in [0.3, 0.4) is 0 Å². The average molecular weight is 295 g/mol. The summed E-state index contributed by atoms with van der Waals surface area (Å²) in [6.07, 6.45) is 0. The minimum Gasteiger partial charge on any atom is -0.497 e. The van der Waals surface area contributed by atoms with E-state index in [0.29, 0.717) is 23.2 Å². The van der Waals surface area contributed by atoms with Gasteiger partial charge in [-0.2, -0.15) is 8.78 Å². The van der Waals surface area contributed by atoms with Crippen molar-refractivity contribution in [3.63, 3.8) is 0 Å². The van der Waals surface area contributed by atoms with Crippen molar-refractivity contribution < 1.29 is 13.5 Å². The number of hydrogen-bond acceptors (Lipinski definition) is 3. The molecule has 0 saturated heterocycles. The van der Waals surface area contributed by atoms with E-state index in [1.807, 2.05) is 24.3 Å². The Morgan fingerprint density at radius 3 is 2.25 bits per heavy atom. The molecule has 0 aromatic heterocycles.